The van der Waals surface area contributed by atoms with Gasteiger partial charge in [0.15, 0.2) is 11.3 Å². The molecule has 0 bridgehead atoms. The molecule has 3 heterocycles. The molecule has 11 heteroatoms. The number of alkyl halides is 3. The molecule has 0 amide bonds. The molecule has 3 aromatic rings. The largest absolute Gasteiger partial charge is 0.435 e. The number of aromatic nitrogens is 4. The number of aryl methyl sites for hydroxylation is 1. The van der Waals surface area contributed by atoms with Gasteiger partial charge in [-0.3, -0.25) is 5.10 Å². The molecule has 2 aromatic heterocycles. The number of anilines is 2. The lowest BCUT2D eigenvalue weighted by molar-refractivity contribution is -0.139. The third kappa shape index (κ3) is 5.48. The lowest BCUT2D eigenvalue weighted by Gasteiger charge is -2.38. The summed E-state index contributed by atoms with van der Waals surface area (Å²) in [5.41, 5.74) is 2.64. The average molecular weight is 510 g/mol. The Bertz CT molecular complexity index is 1150. The van der Waals surface area contributed by atoms with Crippen LogP contribution in [0, 0.1) is 6.92 Å². The van der Waals surface area contributed by atoms with E-state index in [4.69, 9.17) is 11.6 Å². The molecule has 4 rings (SSSR count). The Morgan fingerprint density at radius 3 is 2.40 bits per heavy atom. The highest BCUT2D eigenvalue weighted by Gasteiger charge is 2.38. The smallest absolute Gasteiger partial charge is 0.368 e. The van der Waals surface area contributed by atoms with Gasteiger partial charge in [0.05, 0.1) is 5.39 Å². The van der Waals surface area contributed by atoms with Crippen molar-refractivity contribution < 1.29 is 13.2 Å². The maximum absolute atomic E-state index is 13.5. The standard InChI is InChI=1S/C24H31ClF3N7/c1-4-33(5-2)8-6-7-17-13-18(25)14-19(16(17)3)34-9-11-35(12-10-34)23-20-21(24(26,27)28)31-32-22(20)29-15-30-23/h13-15H,4-12H2,1-3H3,(H,29,30,31,32). The molecule has 0 radical (unpaired) electrons. The van der Waals surface area contributed by atoms with Crippen LogP contribution in [0.2, 0.25) is 5.02 Å². The Hall–Kier alpha value is -2.59. The van der Waals surface area contributed by atoms with Crippen LogP contribution < -0.4 is 9.80 Å². The molecule has 0 atom stereocenters. The van der Waals surface area contributed by atoms with Gasteiger partial charge in [-0.25, -0.2) is 9.97 Å². The summed E-state index contributed by atoms with van der Waals surface area (Å²) in [5.74, 6) is 0.260. The molecule has 35 heavy (non-hydrogen) atoms. The third-order valence-corrected chi connectivity index (χ3v) is 7.01. The molecule has 190 valence electrons. The summed E-state index contributed by atoms with van der Waals surface area (Å²) in [6.07, 6.45) is -1.30. The lowest BCUT2D eigenvalue weighted by Crippen LogP contribution is -2.47. The Morgan fingerprint density at radius 1 is 1.06 bits per heavy atom. The van der Waals surface area contributed by atoms with E-state index in [0.29, 0.717) is 31.2 Å². The maximum Gasteiger partial charge on any atom is 0.435 e. The minimum absolute atomic E-state index is 0.0807. The van der Waals surface area contributed by atoms with E-state index in [9.17, 15) is 13.2 Å². The van der Waals surface area contributed by atoms with Crippen LogP contribution in [0.4, 0.5) is 24.7 Å². The molecule has 1 aliphatic rings. The molecule has 1 N–H and O–H groups in total. The third-order valence-electron chi connectivity index (χ3n) is 6.79. The summed E-state index contributed by atoms with van der Waals surface area (Å²) >= 11 is 6.49. The van der Waals surface area contributed by atoms with Crippen molar-refractivity contribution in [1.29, 1.82) is 0 Å². The van der Waals surface area contributed by atoms with Gasteiger partial charge >= 0.3 is 6.18 Å². The zero-order valence-electron chi connectivity index (χ0n) is 20.3. The summed E-state index contributed by atoms with van der Waals surface area (Å²) in [4.78, 5) is 14.7. The van der Waals surface area contributed by atoms with Gasteiger partial charge in [-0.1, -0.05) is 25.4 Å². The van der Waals surface area contributed by atoms with Gasteiger partial charge in [0, 0.05) is 36.9 Å². The Kier molecular flexibility index (Phi) is 7.70. The Labute approximate surface area is 208 Å². The van der Waals surface area contributed by atoms with Gasteiger partial charge in [-0.2, -0.15) is 18.3 Å². The fourth-order valence-corrected chi connectivity index (χ4v) is 5.02. The number of fused-ring (bicyclic) bond motifs is 1. The second-order valence-electron chi connectivity index (χ2n) is 8.80. The molecule has 0 spiro atoms. The maximum atomic E-state index is 13.5. The molecule has 0 unspecified atom stereocenters. The first-order valence-electron chi connectivity index (χ1n) is 12.0. The second kappa shape index (κ2) is 10.6. The van der Waals surface area contributed by atoms with Crippen LogP contribution in [0.1, 0.15) is 37.1 Å². The normalized spacial score (nSPS) is 15.0. The van der Waals surface area contributed by atoms with Crippen molar-refractivity contribution in [3.63, 3.8) is 0 Å². The summed E-state index contributed by atoms with van der Waals surface area (Å²) in [6.45, 7) is 12.0. The molecule has 7 nitrogen and oxygen atoms in total. The number of hydrogen-bond donors (Lipinski definition) is 1. The van der Waals surface area contributed by atoms with Crippen molar-refractivity contribution in [2.75, 3.05) is 55.6 Å². The summed E-state index contributed by atoms with van der Waals surface area (Å²) in [7, 11) is 0. The van der Waals surface area contributed by atoms with Crippen LogP contribution in [0.5, 0.6) is 0 Å². The Morgan fingerprint density at radius 2 is 1.74 bits per heavy atom. The van der Waals surface area contributed by atoms with Gasteiger partial charge in [0.2, 0.25) is 0 Å². The molecule has 1 fully saturated rings. The van der Waals surface area contributed by atoms with Crippen LogP contribution in [0.25, 0.3) is 11.0 Å². The van der Waals surface area contributed by atoms with Crippen LogP contribution in [0.15, 0.2) is 18.5 Å². The number of H-pyrrole nitrogens is 1. The first kappa shape index (κ1) is 25.5. The van der Waals surface area contributed by atoms with E-state index in [0.717, 1.165) is 38.2 Å². The first-order valence-corrected chi connectivity index (χ1v) is 12.4. The topological polar surface area (TPSA) is 64.2 Å². The number of nitrogens with zero attached hydrogens (tertiary/aromatic N) is 6. The zero-order valence-corrected chi connectivity index (χ0v) is 21.0. The quantitative estimate of drug-likeness (QED) is 0.464. The number of halogens is 4. The monoisotopic (exact) mass is 509 g/mol. The van der Waals surface area contributed by atoms with Gasteiger partial charge < -0.3 is 14.7 Å². The fourth-order valence-electron chi connectivity index (χ4n) is 4.79. The SMILES string of the molecule is CCN(CC)CCCc1cc(Cl)cc(N2CCN(c3ncnc4[nH]nc(C(F)(F)F)c34)CC2)c1C. The predicted molar refractivity (Wildman–Crippen MR) is 133 cm³/mol. The predicted octanol–water partition coefficient (Wildman–Crippen LogP) is 4.93. The van der Waals surface area contributed by atoms with Crippen molar-refractivity contribution in [3.05, 3.63) is 40.3 Å². The van der Waals surface area contributed by atoms with Crippen LogP contribution in [-0.4, -0.2) is 70.9 Å². The highest BCUT2D eigenvalue weighted by atomic mass is 35.5. The molecule has 0 aliphatic carbocycles. The molecular formula is C24H31ClF3N7. The molecular weight excluding hydrogens is 479 g/mol. The molecule has 1 aromatic carbocycles. The van der Waals surface area contributed by atoms with E-state index in [-0.39, 0.29) is 16.9 Å². The van der Waals surface area contributed by atoms with E-state index in [2.05, 4.69) is 50.7 Å². The van der Waals surface area contributed by atoms with Crippen LogP contribution >= 0.6 is 11.6 Å². The van der Waals surface area contributed by atoms with E-state index in [1.54, 1.807) is 0 Å². The van der Waals surface area contributed by atoms with Gasteiger partial charge in [-0.15, -0.1) is 0 Å². The van der Waals surface area contributed by atoms with Gasteiger partial charge in [-0.05, 0) is 62.7 Å². The molecule has 1 aliphatic heterocycles. The lowest BCUT2D eigenvalue weighted by atomic mass is 10.0. The summed E-state index contributed by atoms with van der Waals surface area (Å²) in [6, 6.07) is 4.04. The van der Waals surface area contributed by atoms with E-state index < -0.39 is 11.9 Å². The van der Waals surface area contributed by atoms with Crippen molar-refractivity contribution in [3.8, 4) is 0 Å². The minimum Gasteiger partial charge on any atom is -0.368 e. The Balaban J connectivity index is 1.50. The van der Waals surface area contributed by atoms with Crippen molar-refractivity contribution in [1.82, 2.24) is 25.1 Å². The average Bonchev–Trinajstić information content (AvgIpc) is 3.29. The first-order chi connectivity index (χ1) is 16.7. The van der Waals surface area contributed by atoms with Crippen molar-refractivity contribution in [2.24, 2.45) is 0 Å². The number of nitrogens with one attached hydrogen (secondary N) is 1. The number of piperazine rings is 1. The van der Waals surface area contributed by atoms with E-state index in [1.165, 1.54) is 17.5 Å². The molecule has 1 saturated heterocycles. The highest BCUT2D eigenvalue weighted by Crippen LogP contribution is 2.37. The fraction of sp³-hybridized carbons (Fsp3) is 0.542. The molecule has 0 saturated carbocycles. The number of aromatic amines is 1. The van der Waals surface area contributed by atoms with Crippen molar-refractivity contribution in [2.45, 2.75) is 39.8 Å². The highest BCUT2D eigenvalue weighted by molar-refractivity contribution is 6.31. The van der Waals surface area contributed by atoms with E-state index >= 15 is 0 Å². The number of hydrogen-bond acceptors (Lipinski definition) is 6. The number of rotatable bonds is 8. The number of benzene rings is 1. The van der Waals surface area contributed by atoms with E-state index in [1.807, 2.05) is 17.0 Å². The second-order valence-corrected chi connectivity index (χ2v) is 9.24. The minimum atomic E-state index is -4.58. The van der Waals surface area contributed by atoms with Gasteiger partial charge in [0.25, 0.3) is 0 Å². The van der Waals surface area contributed by atoms with Crippen LogP contribution in [-0.2, 0) is 12.6 Å². The summed E-state index contributed by atoms with van der Waals surface area (Å²) < 4.78 is 40.5. The summed E-state index contributed by atoms with van der Waals surface area (Å²) in [5, 5.41) is 6.46. The zero-order chi connectivity index (χ0) is 25.2. The van der Waals surface area contributed by atoms with Crippen molar-refractivity contribution >= 4 is 34.1 Å². The van der Waals surface area contributed by atoms with Crippen LogP contribution in [0.3, 0.4) is 0 Å². The van der Waals surface area contributed by atoms with Gasteiger partial charge in [0.1, 0.15) is 12.1 Å².